The van der Waals surface area contributed by atoms with E-state index in [1.165, 1.54) is 0 Å². The van der Waals surface area contributed by atoms with Gasteiger partial charge in [-0.25, -0.2) is 9.78 Å². The van der Waals surface area contributed by atoms with E-state index in [9.17, 15) is 4.79 Å². The van der Waals surface area contributed by atoms with Gasteiger partial charge < -0.3 is 10.8 Å². The zero-order chi connectivity index (χ0) is 7.72. The number of anilines is 1. The van der Waals surface area contributed by atoms with Crippen LogP contribution in [0.1, 0.15) is 10.5 Å². The third-order valence-electron chi connectivity index (χ3n) is 0.830. The molecule has 54 valence electrons. The number of carbonyl (C=O) groups is 1. The number of carboxylic acid groups (broad SMARTS) is 1. The number of hydrogen-bond donors (Lipinski definition) is 2. The quantitative estimate of drug-likeness (QED) is 0.675. The molecule has 0 aliphatic carbocycles. The maximum atomic E-state index is 10.2. The molecule has 0 aliphatic rings. The van der Waals surface area contributed by atoms with E-state index in [1.54, 1.807) is 0 Å². The van der Waals surface area contributed by atoms with E-state index in [0.717, 1.165) is 11.3 Å². The molecule has 6 heteroatoms. The van der Waals surface area contributed by atoms with Gasteiger partial charge in [0.1, 0.15) is 5.00 Å². The van der Waals surface area contributed by atoms with Crippen LogP contribution in [0.5, 0.6) is 0 Å². The summed E-state index contributed by atoms with van der Waals surface area (Å²) in [5.41, 5.74) is 5.06. The second kappa shape index (κ2) is 2.43. The second-order valence-electron chi connectivity index (χ2n) is 1.48. The predicted molar refractivity (Wildman–Crippen MR) is 38.5 cm³/mol. The van der Waals surface area contributed by atoms with Crippen LogP contribution in [0.15, 0.2) is 0 Å². The third kappa shape index (κ3) is 1.19. The van der Waals surface area contributed by atoms with Crippen molar-refractivity contribution in [2.24, 2.45) is 0 Å². The third-order valence-corrected chi connectivity index (χ3v) is 1.82. The number of nitrogens with two attached hydrogens (primary N) is 1. The highest BCUT2D eigenvalue weighted by molar-refractivity contribution is 7.19. The molecule has 0 amide bonds. The molecule has 0 radical (unpaired) electrons. The highest BCUT2D eigenvalue weighted by Gasteiger charge is 2.12. The maximum Gasteiger partial charge on any atom is 0.357 e. The first-order valence-corrected chi connectivity index (χ1v) is 3.46. The van der Waals surface area contributed by atoms with Crippen LogP contribution >= 0.6 is 22.9 Å². The molecular weight excluding hydrogens is 176 g/mol. The smallest absolute Gasteiger partial charge is 0.357 e. The minimum atomic E-state index is -1.15. The second-order valence-corrected chi connectivity index (χ2v) is 3.10. The molecule has 1 aromatic heterocycles. The van der Waals surface area contributed by atoms with Gasteiger partial charge in [-0.15, -0.1) is 0 Å². The number of hydrogen-bond acceptors (Lipinski definition) is 4. The lowest BCUT2D eigenvalue weighted by atomic mass is 10.5. The van der Waals surface area contributed by atoms with Gasteiger partial charge in [-0.05, 0) is 0 Å². The van der Waals surface area contributed by atoms with E-state index in [-0.39, 0.29) is 15.2 Å². The van der Waals surface area contributed by atoms with Crippen molar-refractivity contribution >= 4 is 33.9 Å². The standard InChI is InChI=1S/C4H3ClN2O2S/c5-4-7-1(3(8)9)2(6)10-4/h6H2,(H,8,9). The normalized spacial score (nSPS) is 9.70. The number of thiazole rings is 1. The van der Waals surface area contributed by atoms with Crippen molar-refractivity contribution in [1.82, 2.24) is 4.98 Å². The Hall–Kier alpha value is -0.810. The number of aromatic carboxylic acids is 1. The van der Waals surface area contributed by atoms with Crippen molar-refractivity contribution in [1.29, 1.82) is 0 Å². The Bertz CT molecular complexity index is 272. The number of rotatable bonds is 1. The van der Waals surface area contributed by atoms with Gasteiger partial charge in [0.2, 0.25) is 0 Å². The molecule has 0 unspecified atom stereocenters. The lowest BCUT2D eigenvalue weighted by Gasteiger charge is -1.84. The fourth-order valence-electron chi connectivity index (χ4n) is 0.458. The molecule has 0 aliphatic heterocycles. The van der Waals surface area contributed by atoms with Gasteiger partial charge in [0, 0.05) is 0 Å². The van der Waals surface area contributed by atoms with E-state index in [4.69, 9.17) is 22.4 Å². The molecule has 0 atom stereocenters. The molecule has 0 aromatic carbocycles. The number of nitrogen functional groups attached to an aromatic ring is 1. The molecule has 4 nitrogen and oxygen atoms in total. The van der Waals surface area contributed by atoms with Crippen molar-refractivity contribution in [3.8, 4) is 0 Å². The van der Waals surface area contributed by atoms with Crippen LogP contribution in [-0.2, 0) is 0 Å². The monoisotopic (exact) mass is 178 g/mol. The maximum absolute atomic E-state index is 10.2. The number of carboxylic acids is 1. The lowest BCUT2D eigenvalue weighted by molar-refractivity contribution is 0.0692. The largest absolute Gasteiger partial charge is 0.476 e. The Morgan fingerprint density at radius 2 is 2.40 bits per heavy atom. The highest BCUT2D eigenvalue weighted by Crippen LogP contribution is 2.24. The summed E-state index contributed by atoms with van der Waals surface area (Å²) in [6.07, 6.45) is 0. The molecule has 0 spiro atoms. The van der Waals surface area contributed by atoms with Crippen LogP contribution in [0.2, 0.25) is 4.47 Å². The van der Waals surface area contributed by atoms with Crippen molar-refractivity contribution < 1.29 is 9.90 Å². The fourth-order valence-corrected chi connectivity index (χ4v) is 1.34. The predicted octanol–water partition coefficient (Wildman–Crippen LogP) is 1.08. The molecular formula is C4H3ClN2O2S. The zero-order valence-corrected chi connectivity index (χ0v) is 6.24. The van der Waals surface area contributed by atoms with Crippen LogP contribution in [0.25, 0.3) is 0 Å². The van der Waals surface area contributed by atoms with E-state index in [2.05, 4.69) is 4.98 Å². The first-order valence-electron chi connectivity index (χ1n) is 2.26. The van der Waals surface area contributed by atoms with Crippen LogP contribution in [0.4, 0.5) is 5.00 Å². The summed E-state index contributed by atoms with van der Waals surface area (Å²) in [6, 6.07) is 0. The molecule has 1 rings (SSSR count). The Morgan fingerprint density at radius 1 is 1.80 bits per heavy atom. The van der Waals surface area contributed by atoms with Crippen LogP contribution in [0, 0.1) is 0 Å². The molecule has 0 bridgehead atoms. The molecule has 10 heavy (non-hydrogen) atoms. The van der Waals surface area contributed by atoms with Gasteiger partial charge in [-0.2, -0.15) is 0 Å². The van der Waals surface area contributed by atoms with Crippen molar-refractivity contribution in [2.45, 2.75) is 0 Å². The summed E-state index contributed by atoms with van der Waals surface area (Å²) in [6.45, 7) is 0. The highest BCUT2D eigenvalue weighted by atomic mass is 35.5. The average Bonchev–Trinajstić information content (AvgIpc) is 2.10. The Balaban J connectivity index is 3.15. The SMILES string of the molecule is Nc1sc(Cl)nc1C(=O)O. The summed E-state index contributed by atoms with van der Waals surface area (Å²) in [4.78, 5) is 13.7. The molecule has 0 fully saturated rings. The van der Waals surface area contributed by atoms with Gasteiger partial charge in [-0.1, -0.05) is 22.9 Å². The first-order chi connectivity index (χ1) is 4.61. The number of aromatic nitrogens is 1. The van der Waals surface area contributed by atoms with E-state index in [1.807, 2.05) is 0 Å². The van der Waals surface area contributed by atoms with Gasteiger partial charge in [-0.3, -0.25) is 0 Å². The molecule has 1 aromatic rings. The minimum Gasteiger partial charge on any atom is -0.476 e. The number of nitrogens with zero attached hydrogens (tertiary/aromatic N) is 1. The topological polar surface area (TPSA) is 76.2 Å². The first kappa shape index (κ1) is 7.30. The van der Waals surface area contributed by atoms with Crippen LogP contribution in [0.3, 0.4) is 0 Å². The number of halogens is 1. The lowest BCUT2D eigenvalue weighted by Crippen LogP contribution is -1.99. The van der Waals surface area contributed by atoms with E-state index in [0.29, 0.717) is 0 Å². The van der Waals surface area contributed by atoms with Gasteiger partial charge in [0.15, 0.2) is 10.2 Å². The molecule has 3 N–H and O–H groups in total. The average molecular weight is 179 g/mol. The van der Waals surface area contributed by atoms with Gasteiger partial charge >= 0.3 is 5.97 Å². The zero-order valence-electron chi connectivity index (χ0n) is 4.67. The van der Waals surface area contributed by atoms with Crippen molar-refractivity contribution in [2.75, 3.05) is 5.73 Å². The van der Waals surface area contributed by atoms with Crippen molar-refractivity contribution in [3.05, 3.63) is 10.2 Å². The Labute approximate surface area is 65.3 Å². The molecule has 0 saturated heterocycles. The van der Waals surface area contributed by atoms with Gasteiger partial charge in [0.05, 0.1) is 0 Å². The van der Waals surface area contributed by atoms with Crippen molar-refractivity contribution in [3.63, 3.8) is 0 Å². The van der Waals surface area contributed by atoms with Crippen LogP contribution in [-0.4, -0.2) is 16.1 Å². The molecule has 0 saturated carbocycles. The van der Waals surface area contributed by atoms with E-state index < -0.39 is 5.97 Å². The van der Waals surface area contributed by atoms with Crippen LogP contribution < -0.4 is 5.73 Å². The summed E-state index contributed by atoms with van der Waals surface area (Å²) < 4.78 is 0.148. The van der Waals surface area contributed by atoms with Gasteiger partial charge in [0.25, 0.3) is 0 Å². The Kier molecular flexibility index (Phi) is 1.78. The fraction of sp³-hybridized carbons (Fsp3) is 0. The molecule has 1 heterocycles. The van der Waals surface area contributed by atoms with E-state index >= 15 is 0 Å². The summed E-state index contributed by atoms with van der Waals surface area (Å²) in [5.74, 6) is -1.15. The summed E-state index contributed by atoms with van der Waals surface area (Å²) in [5, 5.41) is 8.52. The summed E-state index contributed by atoms with van der Waals surface area (Å²) >= 11 is 6.32. The summed E-state index contributed by atoms with van der Waals surface area (Å²) in [7, 11) is 0. The Morgan fingerprint density at radius 3 is 2.60 bits per heavy atom. The minimum absolute atomic E-state index is 0.137.